The van der Waals surface area contributed by atoms with Crippen LogP contribution in [0.2, 0.25) is 0 Å². The van der Waals surface area contributed by atoms with Crippen molar-refractivity contribution >= 4 is 21.8 Å². The van der Waals surface area contributed by atoms with E-state index in [1.807, 2.05) is 32.6 Å². The van der Waals surface area contributed by atoms with Gasteiger partial charge in [-0.05, 0) is 52.0 Å². The van der Waals surface area contributed by atoms with E-state index >= 15 is 0 Å². The number of methoxy groups -OCH3 is 1. The van der Waals surface area contributed by atoms with Crippen LogP contribution in [-0.2, 0) is 27.6 Å². The van der Waals surface area contributed by atoms with Crippen LogP contribution in [-0.4, -0.2) is 58.7 Å². The van der Waals surface area contributed by atoms with Crippen LogP contribution < -0.4 is 14.4 Å². The third-order valence-corrected chi connectivity index (χ3v) is 6.69. The lowest BCUT2D eigenvalue weighted by Gasteiger charge is -2.26. The highest BCUT2D eigenvalue weighted by atomic mass is 32.2. The molecule has 206 valence electrons. The number of ether oxygens (including phenoxy) is 1. The Bertz CT molecular complexity index is 1150. The van der Waals surface area contributed by atoms with Gasteiger partial charge in [0.25, 0.3) is 0 Å². The Morgan fingerprint density at radius 3 is 2.32 bits per heavy atom. The normalized spacial score (nSPS) is 11.9. The van der Waals surface area contributed by atoms with Crippen LogP contribution in [0.25, 0.3) is 0 Å². The number of halogens is 3. The predicted octanol–water partition coefficient (Wildman–Crippen LogP) is 4.89. The number of alkyl halides is 3. The van der Waals surface area contributed by atoms with Crippen molar-refractivity contribution in [1.29, 1.82) is 0 Å². The number of carbonyl (C=O) groups excluding carboxylic acids is 1. The Labute approximate surface area is 216 Å². The molecule has 2 aromatic rings. The molecule has 12 heteroatoms. The van der Waals surface area contributed by atoms with Gasteiger partial charge in [-0.1, -0.05) is 12.1 Å². The first kappa shape index (κ1) is 30.2. The van der Waals surface area contributed by atoms with E-state index in [9.17, 15) is 26.4 Å². The fourth-order valence-electron chi connectivity index (χ4n) is 3.53. The van der Waals surface area contributed by atoms with E-state index in [1.165, 1.54) is 18.1 Å². The zero-order chi connectivity index (χ0) is 27.8. The zero-order valence-electron chi connectivity index (χ0n) is 21.6. The molecule has 2 rings (SSSR count). The van der Waals surface area contributed by atoms with Gasteiger partial charge in [0.05, 0.1) is 18.7 Å². The summed E-state index contributed by atoms with van der Waals surface area (Å²) < 4.78 is 76.2. The van der Waals surface area contributed by atoms with Crippen molar-refractivity contribution in [2.45, 2.75) is 51.4 Å². The summed E-state index contributed by atoms with van der Waals surface area (Å²) in [6.45, 7) is 9.17. The van der Waals surface area contributed by atoms with Gasteiger partial charge in [0, 0.05) is 50.1 Å². The highest BCUT2D eigenvalue weighted by Gasteiger charge is 2.32. The summed E-state index contributed by atoms with van der Waals surface area (Å²) in [6, 6.07) is 7.79. The fourth-order valence-corrected chi connectivity index (χ4v) is 4.53. The van der Waals surface area contributed by atoms with Crippen LogP contribution in [0.1, 0.15) is 38.8 Å². The summed E-state index contributed by atoms with van der Waals surface area (Å²) in [7, 11) is -3.14. The zero-order valence-corrected chi connectivity index (χ0v) is 22.4. The van der Waals surface area contributed by atoms with Gasteiger partial charge in [0.2, 0.25) is 0 Å². The van der Waals surface area contributed by atoms with E-state index in [4.69, 9.17) is 8.92 Å². The van der Waals surface area contributed by atoms with Crippen molar-refractivity contribution in [2.75, 3.05) is 38.3 Å². The minimum Gasteiger partial charge on any atom is -0.383 e. The molecule has 0 atom stereocenters. The number of benzene rings is 2. The summed E-state index contributed by atoms with van der Waals surface area (Å²) >= 11 is 0. The molecule has 0 aromatic heterocycles. The lowest BCUT2D eigenvalue weighted by atomic mass is 10.1. The summed E-state index contributed by atoms with van der Waals surface area (Å²) in [5, 5.41) is 2.79. The molecule has 37 heavy (non-hydrogen) atoms. The van der Waals surface area contributed by atoms with Crippen molar-refractivity contribution in [2.24, 2.45) is 0 Å². The lowest BCUT2D eigenvalue weighted by Crippen LogP contribution is -2.44. The maximum Gasteiger partial charge on any atom is 0.416 e. The molecule has 0 aliphatic rings. The molecule has 2 aromatic carbocycles. The average molecular weight is 546 g/mol. The van der Waals surface area contributed by atoms with Gasteiger partial charge in [0.15, 0.2) is 0 Å². The molecular formula is C25H34F3N3O5S. The predicted molar refractivity (Wildman–Crippen MR) is 135 cm³/mol. The van der Waals surface area contributed by atoms with Crippen molar-refractivity contribution < 1.29 is 35.3 Å². The standard InChI is InChI=1S/C25H34F3N3O5S/c1-6-30(7-2)21-12-11-19(17-31(13-14-35-5)24(32)29-18(3)4)23(16-21)36-37(33,34)22-10-8-9-20(15-22)25(26,27)28/h8-12,15-16,18H,6-7,13-14,17H2,1-5H3,(H,29,32). The first-order chi connectivity index (χ1) is 17.3. The van der Waals surface area contributed by atoms with Crippen LogP contribution in [0, 0.1) is 0 Å². The van der Waals surface area contributed by atoms with E-state index in [1.54, 1.807) is 12.1 Å². The van der Waals surface area contributed by atoms with E-state index in [2.05, 4.69) is 5.32 Å². The van der Waals surface area contributed by atoms with E-state index < -0.39 is 26.8 Å². The van der Waals surface area contributed by atoms with Crippen LogP contribution in [0.15, 0.2) is 47.4 Å². The molecule has 8 nitrogen and oxygen atoms in total. The molecule has 0 radical (unpaired) electrons. The number of rotatable bonds is 12. The second-order valence-corrected chi connectivity index (χ2v) is 10.1. The van der Waals surface area contributed by atoms with E-state index in [0.29, 0.717) is 30.4 Å². The second kappa shape index (κ2) is 13.0. The Kier molecular flexibility index (Phi) is 10.6. The quantitative estimate of drug-likeness (QED) is 0.383. The minimum absolute atomic E-state index is 0.0200. The second-order valence-electron chi connectivity index (χ2n) is 8.55. The number of hydrogen-bond donors (Lipinski definition) is 1. The Morgan fingerprint density at radius 1 is 1.08 bits per heavy atom. The molecule has 0 unspecified atom stereocenters. The van der Waals surface area contributed by atoms with Gasteiger partial charge < -0.3 is 24.0 Å². The monoisotopic (exact) mass is 545 g/mol. The van der Waals surface area contributed by atoms with Crippen molar-refractivity contribution in [3.8, 4) is 5.75 Å². The van der Waals surface area contributed by atoms with Crippen LogP contribution in [0.4, 0.5) is 23.7 Å². The molecule has 0 heterocycles. The van der Waals surface area contributed by atoms with E-state index in [-0.39, 0.29) is 37.5 Å². The molecule has 0 saturated heterocycles. The molecule has 2 amide bonds. The number of urea groups is 1. The first-order valence-corrected chi connectivity index (χ1v) is 13.3. The van der Waals surface area contributed by atoms with Gasteiger partial charge in [0.1, 0.15) is 10.6 Å². The SMILES string of the molecule is CCN(CC)c1ccc(CN(CCOC)C(=O)NC(C)C)c(OS(=O)(=O)c2cccc(C(F)(F)F)c2)c1. The van der Waals surface area contributed by atoms with Gasteiger partial charge in [-0.15, -0.1) is 0 Å². The summed E-state index contributed by atoms with van der Waals surface area (Å²) in [5.74, 6) is -0.0819. The lowest BCUT2D eigenvalue weighted by molar-refractivity contribution is -0.137. The number of anilines is 1. The maximum absolute atomic E-state index is 13.2. The molecule has 0 aliphatic heterocycles. The number of carbonyl (C=O) groups is 1. The Balaban J connectivity index is 2.53. The van der Waals surface area contributed by atoms with Crippen LogP contribution in [0.5, 0.6) is 5.75 Å². The van der Waals surface area contributed by atoms with Crippen molar-refractivity contribution in [1.82, 2.24) is 10.2 Å². The fraction of sp³-hybridized carbons (Fsp3) is 0.480. The highest BCUT2D eigenvalue weighted by molar-refractivity contribution is 7.87. The van der Waals surface area contributed by atoms with Crippen molar-refractivity contribution in [3.05, 3.63) is 53.6 Å². The maximum atomic E-state index is 13.2. The Hall–Kier alpha value is -2.99. The Morgan fingerprint density at radius 2 is 1.76 bits per heavy atom. The first-order valence-electron chi connectivity index (χ1n) is 11.9. The topological polar surface area (TPSA) is 88.2 Å². The summed E-state index contributed by atoms with van der Waals surface area (Å²) in [5.41, 5.74) is -0.0788. The minimum atomic E-state index is -4.72. The molecule has 0 bridgehead atoms. The third kappa shape index (κ3) is 8.53. The summed E-state index contributed by atoms with van der Waals surface area (Å²) in [6.07, 6.45) is -4.72. The number of nitrogens with one attached hydrogen (secondary N) is 1. The number of amides is 2. The van der Waals surface area contributed by atoms with Crippen LogP contribution >= 0.6 is 0 Å². The smallest absolute Gasteiger partial charge is 0.383 e. The van der Waals surface area contributed by atoms with Gasteiger partial charge in [-0.3, -0.25) is 0 Å². The highest BCUT2D eigenvalue weighted by Crippen LogP contribution is 2.33. The van der Waals surface area contributed by atoms with Crippen molar-refractivity contribution in [3.63, 3.8) is 0 Å². The van der Waals surface area contributed by atoms with Gasteiger partial charge >= 0.3 is 22.3 Å². The summed E-state index contributed by atoms with van der Waals surface area (Å²) in [4.78, 5) is 15.5. The molecule has 0 fully saturated rings. The van der Waals surface area contributed by atoms with Gasteiger partial charge in [-0.2, -0.15) is 21.6 Å². The number of hydrogen-bond acceptors (Lipinski definition) is 6. The van der Waals surface area contributed by atoms with Gasteiger partial charge in [-0.25, -0.2) is 4.79 Å². The molecule has 0 saturated carbocycles. The molecule has 1 N–H and O–H groups in total. The molecular weight excluding hydrogens is 511 g/mol. The third-order valence-electron chi connectivity index (χ3n) is 5.45. The number of nitrogens with zero attached hydrogens (tertiary/aromatic N) is 2. The van der Waals surface area contributed by atoms with Crippen LogP contribution in [0.3, 0.4) is 0 Å². The van der Waals surface area contributed by atoms with E-state index in [0.717, 1.165) is 18.2 Å². The largest absolute Gasteiger partial charge is 0.416 e. The molecule has 0 aliphatic carbocycles. The molecule has 0 spiro atoms. The average Bonchev–Trinajstić information content (AvgIpc) is 2.82.